The van der Waals surface area contributed by atoms with Crippen LogP contribution >= 0.6 is 0 Å². The van der Waals surface area contributed by atoms with Crippen molar-refractivity contribution in [1.29, 1.82) is 0 Å². The first-order chi connectivity index (χ1) is 7.60. The highest BCUT2D eigenvalue weighted by Gasteiger charge is 2.30. The van der Waals surface area contributed by atoms with E-state index in [9.17, 15) is 8.42 Å². The normalized spacial score (nSPS) is 22.1. The molecule has 0 atom stereocenters. The summed E-state index contributed by atoms with van der Waals surface area (Å²) >= 11 is 0. The molecule has 1 aromatic rings. The summed E-state index contributed by atoms with van der Waals surface area (Å²) in [5.74, 6) is 0. The van der Waals surface area contributed by atoms with Gasteiger partial charge in [0.1, 0.15) is 0 Å². The third-order valence-electron chi connectivity index (χ3n) is 2.71. The fraction of sp³-hybridized carbons (Fsp3) is 0.500. The average molecular weight is 241 g/mol. The van der Waals surface area contributed by atoms with Crippen LogP contribution in [0.2, 0.25) is 0 Å². The van der Waals surface area contributed by atoms with E-state index in [-0.39, 0.29) is 0 Å². The lowest BCUT2D eigenvalue weighted by Crippen LogP contribution is -2.47. The maximum atomic E-state index is 12.0. The van der Waals surface area contributed by atoms with Gasteiger partial charge in [-0.15, -0.1) is 0 Å². The first kappa shape index (κ1) is 11.5. The maximum absolute atomic E-state index is 12.0. The Hall–Kier alpha value is -0.980. The van der Waals surface area contributed by atoms with Crippen molar-refractivity contribution >= 4 is 10.2 Å². The van der Waals surface area contributed by atoms with Crippen LogP contribution in [0.3, 0.4) is 0 Å². The zero-order valence-electron chi connectivity index (χ0n) is 9.20. The number of hydrogen-bond acceptors (Lipinski definition) is 3. The van der Waals surface area contributed by atoms with Crippen LogP contribution in [-0.4, -0.2) is 42.1 Å². The van der Waals surface area contributed by atoms with E-state index in [1.165, 1.54) is 8.61 Å². The summed E-state index contributed by atoms with van der Waals surface area (Å²) in [5.41, 5.74) is 0.967. The SMILES string of the molecule is CN1CCCN(Cc2ccncc2)S1(=O)=O. The molecule has 1 fully saturated rings. The van der Waals surface area contributed by atoms with E-state index in [4.69, 9.17) is 0 Å². The van der Waals surface area contributed by atoms with Crippen LogP contribution in [0, 0.1) is 0 Å². The third-order valence-corrected chi connectivity index (χ3v) is 4.64. The lowest BCUT2D eigenvalue weighted by Gasteiger charge is -2.32. The van der Waals surface area contributed by atoms with Crippen molar-refractivity contribution < 1.29 is 8.42 Å². The molecule has 1 saturated heterocycles. The second-order valence-electron chi connectivity index (χ2n) is 3.87. The van der Waals surface area contributed by atoms with Crippen molar-refractivity contribution in [3.63, 3.8) is 0 Å². The molecular weight excluding hydrogens is 226 g/mol. The van der Waals surface area contributed by atoms with E-state index in [0.29, 0.717) is 19.6 Å². The second kappa shape index (κ2) is 4.48. The molecule has 0 N–H and O–H groups in total. The monoisotopic (exact) mass is 241 g/mol. The standard InChI is InChI=1S/C10H15N3O2S/c1-12-7-2-8-13(16(12,14)15)9-10-3-5-11-6-4-10/h3-6H,2,7-9H2,1H3. The highest BCUT2D eigenvalue weighted by molar-refractivity contribution is 7.86. The second-order valence-corrected chi connectivity index (χ2v) is 5.91. The Morgan fingerprint density at radius 3 is 2.69 bits per heavy atom. The summed E-state index contributed by atoms with van der Waals surface area (Å²) in [6, 6.07) is 3.67. The fourth-order valence-corrected chi connectivity index (χ4v) is 3.18. The molecule has 0 spiro atoms. The summed E-state index contributed by atoms with van der Waals surface area (Å²) in [6.45, 7) is 1.62. The van der Waals surface area contributed by atoms with Crippen LogP contribution in [0.4, 0.5) is 0 Å². The van der Waals surface area contributed by atoms with Gasteiger partial charge in [0.25, 0.3) is 10.2 Å². The molecule has 6 heteroatoms. The van der Waals surface area contributed by atoms with Crippen LogP contribution in [0.5, 0.6) is 0 Å². The van der Waals surface area contributed by atoms with Gasteiger partial charge in [0.2, 0.25) is 0 Å². The van der Waals surface area contributed by atoms with Crippen molar-refractivity contribution in [2.75, 3.05) is 20.1 Å². The number of rotatable bonds is 2. The Balaban J connectivity index is 2.16. The zero-order chi connectivity index (χ0) is 11.6. The molecule has 1 aromatic heterocycles. The quantitative estimate of drug-likeness (QED) is 0.756. The summed E-state index contributed by atoms with van der Waals surface area (Å²) < 4.78 is 26.8. The molecule has 1 aliphatic rings. The maximum Gasteiger partial charge on any atom is 0.282 e. The molecular formula is C10H15N3O2S. The van der Waals surface area contributed by atoms with Gasteiger partial charge in [-0.25, -0.2) is 0 Å². The van der Waals surface area contributed by atoms with Gasteiger partial charge < -0.3 is 0 Å². The molecule has 0 bridgehead atoms. The number of pyridine rings is 1. The van der Waals surface area contributed by atoms with Crippen molar-refractivity contribution in [2.45, 2.75) is 13.0 Å². The predicted molar refractivity (Wildman–Crippen MR) is 60.8 cm³/mol. The Morgan fingerprint density at radius 2 is 2.00 bits per heavy atom. The third kappa shape index (κ3) is 2.23. The molecule has 0 aromatic carbocycles. The average Bonchev–Trinajstić information content (AvgIpc) is 2.27. The molecule has 0 saturated carbocycles. The molecule has 5 nitrogen and oxygen atoms in total. The van der Waals surface area contributed by atoms with Crippen LogP contribution in [-0.2, 0) is 16.8 Å². The Bertz CT molecular complexity index is 446. The van der Waals surface area contributed by atoms with E-state index in [1.54, 1.807) is 19.4 Å². The molecule has 0 radical (unpaired) electrons. The van der Waals surface area contributed by atoms with Gasteiger partial charge in [-0.3, -0.25) is 4.98 Å². The van der Waals surface area contributed by atoms with E-state index < -0.39 is 10.2 Å². The van der Waals surface area contributed by atoms with Crippen molar-refractivity contribution in [3.05, 3.63) is 30.1 Å². The summed E-state index contributed by atoms with van der Waals surface area (Å²) in [4.78, 5) is 3.91. The molecule has 0 unspecified atom stereocenters. The highest BCUT2D eigenvalue weighted by atomic mass is 32.2. The van der Waals surface area contributed by atoms with Crippen molar-refractivity contribution in [3.8, 4) is 0 Å². The van der Waals surface area contributed by atoms with Gasteiger partial charge in [-0.2, -0.15) is 17.0 Å². The summed E-state index contributed by atoms with van der Waals surface area (Å²) in [7, 11) is -1.64. The van der Waals surface area contributed by atoms with Gasteiger partial charge in [0.05, 0.1) is 0 Å². The Labute approximate surface area is 95.9 Å². The first-order valence-electron chi connectivity index (χ1n) is 5.21. The van der Waals surface area contributed by atoms with Gasteiger partial charge in [-0.1, -0.05) is 0 Å². The molecule has 1 aliphatic heterocycles. The van der Waals surface area contributed by atoms with Crippen LogP contribution < -0.4 is 0 Å². The first-order valence-corrected chi connectivity index (χ1v) is 6.61. The Morgan fingerprint density at radius 1 is 1.31 bits per heavy atom. The minimum atomic E-state index is -3.25. The van der Waals surface area contributed by atoms with Gasteiger partial charge >= 0.3 is 0 Å². The lowest BCUT2D eigenvalue weighted by atomic mass is 10.2. The molecule has 2 heterocycles. The van der Waals surface area contributed by atoms with E-state index in [1.807, 2.05) is 12.1 Å². The topological polar surface area (TPSA) is 53.5 Å². The highest BCUT2D eigenvalue weighted by Crippen LogP contribution is 2.16. The summed E-state index contributed by atoms with van der Waals surface area (Å²) in [5, 5.41) is 0. The fourth-order valence-electron chi connectivity index (χ4n) is 1.75. The van der Waals surface area contributed by atoms with Crippen molar-refractivity contribution in [1.82, 2.24) is 13.6 Å². The predicted octanol–water partition coefficient (Wildman–Crippen LogP) is 0.464. The largest absolute Gasteiger partial charge is 0.282 e. The van der Waals surface area contributed by atoms with E-state index >= 15 is 0 Å². The smallest absolute Gasteiger partial charge is 0.265 e. The molecule has 0 amide bonds. The molecule has 88 valence electrons. The van der Waals surface area contributed by atoms with E-state index in [0.717, 1.165) is 12.0 Å². The van der Waals surface area contributed by atoms with E-state index in [2.05, 4.69) is 4.98 Å². The number of hydrogen-bond donors (Lipinski definition) is 0. The molecule has 2 rings (SSSR count). The Kier molecular flexibility index (Phi) is 3.22. The zero-order valence-corrected chi connectivity index (χ0v) is 10.0. The lowest BCUT2D eigenvalue weighted by molar-refractivity contribution is 0.303. The van der Waals surface area contributed by atoms with Gasteiger partial charge in [0.15, 0.2) is 0 Å². The number of aromatic nitrogens is 1. The van der Waals surface area contributed by atoms with Crippen LogP contribution in [0.1, 0.15) is 12.0 Å². The van der Waals surface area contributed by atoms with Crippen molar-refractivity contribution in [2.24, 2.45) is 0 Å². The van der Waals surface area contributed by atoms with Crippen LogP contribution in [0.15, 0.2) is 24.5 Å². The number of nitrogens with zero attached hydrogens (tertiary/aromatic N) is 3. The minimum Gasteiger partial charge on any atom is -0.265 e. The molecule has 0 aliphatic carbocycles. The summed E-state index contributed by atoms with van der Waals surface area (Å²) in [6.07, 6.45) is 4.23. The minimum absolute atomic E-state index is 0.426. The van der Waals surface area contributed by atoms with Gasteiger partial charge in [0, 0.05) is 39.1 Å². The van der Waals surface area contributed by atoms with Crippen LogP contribution in [0.25, 0.3) is 0 Å². The molecule has 16 heavy (non-hydrogen) atoms. The van der Waals surface area contributed by atoms with Gasteiger partial charge in [-0.05, 0) is 24.1 Å².